The van der Waals surface area contributed by atoms with Crippen molar-refractivity contribution in [1.82, 2.24) is 0 Å². The van der Waals surface area contributed by atoms with E-state index in [4.69, 9.17) is 23.0 Å². The number of fused-ring (bicyclic) bond motifs is 2. The number of aryl methyl sites for hydroxylation is 1. The van der Waals surface area contributed by atoms with Crippen LogP contribution >= 0.6 is 0 Å². The quantitative estimate of drug-likeness (QED) is 0.179. The van der Waals surface area contributed by atoms with Gasteiger partial charge in [-0.15, -0.1) is 0 Å². The third kappa shape index (κ3) is 4.36. The lowest BCUT2D eigenvalue weighted by Gasteiger charge is -2.10. The van der Waals surface area contributed by atoms with Crippen LogP contribution in [-0.4, -0.2) is 20.2 Å². The summed E-state index contributed by atoms with van der Waals surface area (Å²) < 4.78 is 27.7. The zero-order valence-corrected chi connectivity index (χ0v) is 19.4. The van der Waals surface area contributed by atoms with E-state index in [0.717, 1.165) is 10.9 Å². The fourth-order valence-electron chi connectivity index (χ4n) is 4.00. The van der Waals surface area contributed by atoms with Crippen LogP contribution in [0.3, 0.4) is 0 Å². The molecule has 0 aliphatic carbocycles. The van der Waals surface area contributed by atoms with Crippen molar-refractivity contribution >= 4 is 27.9 Å². The second-order valence-electron chi connectivity index (χ2n) is 8.08. The van der Waals surface area contributed by atoms with E-state index >= 15 is 0 Å². The zero-order chi connectivity index (χ0) is 24.5. The first kappa shape index (κ1) is 22.3. The molecule has 0 saturated carbocycles. The molecule has 0 fully saturated rings. The van der Waals surface area contributed by atoms with Crippen molar-refractivity contribution in [2.75, 3.05) is 14.2 Å². The van der Waals surface area contributed by atoms with Crippen molar-refractivity contribution in [3.63, 3.8) is 0 Å². The van der Waals surface area contributed by atoms with Gasteiger partial charge < -0.3 is 23.0 Å². The number of benzene rings is 3. The third-order valence-electron chi connectivity index (χ3n) is 5.76. The number of esters is 1. The minimum atomic E-state index is -0.511. The first-order chi connectivity index (χ1) is 16.9. The Hall–Kier alpha value is -4.52. The van der Waals surface area contributed by atoms with E-state index in [1.165, 1.54) is 6.07 Å². The van der Waals surface area contributed by atoms with Crippen LogP contribution in [0.5, 0.6) is 17.2 Å². The van der Waals surface area contributed by atoms with Crippen LogP contribution in [0.15, 0.2) is 80.4 Å². The molecule has 2 heterocycles. The lowest BCUT2D eigenvalue weighted by molar-refractivity contribution is -0.133. The number of para-hydroxylation sites is 1. The fourth-order valence-corrected chi connectivity index (χ4v) is 4.00. The normalized spacial score (nSPS) is 11.1. The Labute approximate surface area is 200 Å². The van der Waals surface area contributed by atoms with Crippen LogP contribution in [-0.2, 0) is 11.2 Å². The lowest BCUT2D eigenvalue weighted by Crippen LogP contribution is -2.12. The van der Waals surface area contributed by atoms with Gasteiger partial charge in [0.1, 0.15) is 22.8 Å². The van der Waals surface area contributed by atoms with E-state index in [1.54, 1.807) is 51.5 Å². The highest BCUT2D eigenvalue weighted by Crippen LogP contribution is 2.37. The van der Waals surface area contributed by atoms with Gasteiger partial charge in [0, 0.05) is 22.4 Å². The summed E-state index contributed by atoms with van der Waals surface area (Å²) >= 11 is 0. The number of carbonyl (C=O) groups is 1. The average Bonchev–Trinajstić information content (AvgIpc) is 3.29. The van der Waals surface area contributed by atoms with E-state index in [0.29, 0.717) is 50.7 Å². The molecular weight excluding hydrogens is 448 g/mol. The molecule has 2 aromatic heterocycles. The van der Waals surface area contributed by atoms with E-state index in [-0.39, 0.29) is 6.42 Å². The van der Waals surface area contributed by atoms with Gasteiger partial charge in [-0.2, -0.15) is 0 Å². The summed E-state index contributed by atoms with van der Waals surface area (Å²) in [7, 11) is 3.16. The summed E-state index contributed by atoms with van der Waals surface area (Å²) in [6.07, 6.45) is 0.0988. The highest BCUT2D eigenvalue weighted by Gasteiger charge is 2.18. The molecule has 0 saturated heterocycles. The largest absolute Gasteiger partial charge is 0.497 e. The van der Waals surface area contributed by atoms with Gasteiger partial charge in [0.05, 0.1) is 20.6 Å². The molecule has 3 aromatic carbocycles. The minimum Gasteiger partial charge on any atom is -0.497 e. The molecule has 0 aliphatic rings. The number of methoxy groups -OCH3 is 2. The lowest BCUT2D eigenvalue weighted by atomic mass is 10.0. The van der Waals surface area contributed by atoms with Crippen molar-refractivity contribution in [2.45, 2.75) is 13.3 Å². The monoisotopic (exact) mass is 470 g/mol. The predicted octanol–water partition coefficient (Wildman–Crippen LogP) is 5.68. The molecule has 0 bridgehead atoms. The van der Waals surface area contributed by atoms with Crippen molar-refractivity contribution < 1.29 is 27.8 Å². The Morgan fingerprint density at radius 1 is 0.886 bits per heavy atom. The van der Waals surface area contributed by atoms with Gasteiger partial charge >= 0.3 is 11.6 Å². The maximum atomic E-state index is 12.7. The molecule has 35 heavy (non-hydrogen) atoms. The Morgan fingerprint density at radius 3 is 2.43 bits per heavy atom. The van der Waals surface area contributed by atoms with Crippen molar-refractivity contribution in [1.29, 1.82) is 0 Å². The Balaban J connectivity index is 1.53. The third-order valence-corrected chi connectivity index (χ3v) is 5.76. The molecule has 5 rings (SSSR count). The van der Waals surface area contributed by atoms with Gasteiger partial charge in [-0.05, 0) is 54.4 Å². The fraction of sp³-hybridized carbons (Fsp3) is 0.143. The number of rotatable bonds is 6. The topological polar surface area (TPSA) is 88.1 Å². The first-order valence-electron chi connectivity index (χ1n) is 10.9. The number of hydrogen-bond acceptors (Lipinski definition) is 7. The summed E-state index contributed by atoms with van der Waals surface area (Å²) in [5.74, 6) is 1.74. The van der Waals surface area contributed by atoms with E-state index in [1.807, 2.05) is 30.3 Å². The van der Waals surface area contributed by atoms with Gasteiger partial charge in [-0.3, -0.25) is 4.79 Å². The molecule has 5 aromatic rings. The van der Waals surface area contributed by atoms with Crippen LogP contribution in [0.2, 0.25) is 0 Å². The van der Waals surface area contributed by atoms with Crippen LogP contribution < -0.4 is 19.8 Å². The average molecular weight is 470 g/mol. The summed E-state index contributed by atoms with van der Waals surface area (Å²) in [4.78, 5) is 25.0. The molecule has 0 unspecified atom stereocenters. The van der Waals surface area contributed by atoms with Crippen LogP contribution in [0.4, 0.5) is 0 Å². The van der Waals surface area contributed by atoms with E-state index < -0.39 is 11.6 Å². The predicted molar refractivity (Wildman–Crippen MR) is 131 cm³/mol. The standard InChI is InChI=1S/C28H22O7/c1-16-11-24-20(14-23(16)33-26(29)12-17-7-9-19(31-2)10-8-17)21(15-27(30)34-24)25-13-18-5-4-6-22(32-3)28(18)35-25/h4-11,13-15H,12H2,1-3H3. The molecule has 0 radical (unpaired) electrons. The summed E-state index contributed by atoms with van der Waals surface area (Å²) in [6.45, 7) is 1.79. The van der Waals surface area contributed by atoms with Gasteiger partial charge in [-0.1, -0.05) is 24.3 Å². The molecule has 0 amide bonds. The molecule has 0 aliphatic heterocycles. The molecule has 176 valence electrons. The van der Waals surface area contributed by atoms with Crippen LogP contribution in [0.1, 0.15) is 11.1 Å². The number of hydrogen-bond donors (Lipinski definition) is 0. The molecule has 7 nitrogen and oxygen atoms in total. The smallest absolute Gasteiger partial charge is 0.336 e. The highest BCUT2D eigenvalue weighted by molar-refractivity contribution is 5.97. The van der Waals surface area contributed by atoms with Gasteiger partial charge in [0.2, 0.25) is 0 Å². The minimum absolute atomic E-state index is 0.0988. The summed E-state index contributed by atoms with van der Waals surface area (Å²) in [6, 6.07) is 19.4. The van der Waals surface area contributed by atoms with Gasteiger partial charge in [0.15, 0.2) is 11.3 Å². The molecule has 0 atom stereocenters. The Kier molecular flexibility index (Phi) is 5.74. The number of carbonyl (C=O) groups excluding carboxylic acids is 1. The van der Waals surface area contributed by atoms with E-state index in [2.05, 4.69) is 0 Å². The second kappa shape index (κ2) is 9.02. The van der Waals surface area contributed by atoms with Gasteiger partial charge in [-0.25, -0.2) is 4.79 Å². The first-order valence-corrected chi connectivity index (χ1v) is 10.9. The summed E-state index contributed by atoms with van der Waals surface area (Å²) in [5.41, 5.74) is 2.42. The van der Waals surface area contributed by atoms with Crippen LogP contribution in [0, 0.1) is 6.92 Å². The molecule has 0 N–H and O–H groups in total. The van der Waals surface area contributed by atoms with Gasteiger partial charge in [0.25, 0.3) is 0 Å². The maximum Gasteiger partial charge on any atom is 0.336 e. The Bertz CT molecular complexity index is 1610. The SMILES string of the molecule is COc1ccc(CC(=O)Oc2cc3c(-c4cc5cccc(OC)c5o4)cc(=O)oc3cc2C)cc1. The Morgan fingerprint density at radius 2 is 1.69 bits per heavy atom. The molecule has 0 spiro atoms. The number of ether oxygens (including phenoxy) is 3. The maximum absolute atomic E-state index is 12.7. The van der Waals surface area contributed by atoms with Crippen LogP contribution in [0.25, 0.3) is 33.3 Å². The highest BCUT2D eigenvalue weighted by atomic mass is 16.5. The van der Waals surface area contributed by atoms with Crippen molar-refractivity contribution in [2.24, 2.45) is 0 Å². The van der Waals surface area contributed by atoms with Crippen molar-refractivity contribution in [3.8, 4) is 28.6 Å². The molecule has 7 heteroatoms. The van der Waals surface area contributed by atoms with Crippen molar-refractivity contribution in [3.05, 3.63) is 88.3 Å². The zero-order valence-electron chi connectivity index (χ0n) is 19.4. The summed E-state index contributed by atoms with van der Waals surface area (Å²) in [5, 5.41) is 1.42. The second-order valence-corrected chi connectivity index (χ2v) is 8.08. The number of furan rings is 1. The van der Waals surface area contributed by atoms with E-state index in [9.17, 15) is 9.59 Å². The molecular formula is C28H22O7.